The van der Waals surface area contributed by atoms with Gasteiger partial charge in [0.2, 0.25) is 0 Å². The average molecular weight is 338 g/mol. The fraction of sp³-hybridized carbons (Fsp3) is 0.619. The molecule has 1 aromatic carbocycles. The van der Waals surface area contributed by atoms with Crippen LogP contribution in [0.15, 0.2) is 29.3 Å². The van der Waals surface area contributed by atoms with Gasteiger partial charge >= 0.3 is 5.97 Å². The summed E-state index contributed by atoms with van der Waals surface area (Å²) in [6.45, 7) is 4.47. The van der Waals surface area contributed by atoms with Crippen LogP contribution >= 0.6 is 0 Å². The lowest BCUT2D eigenvalue weighted by Crippen LogP contribution is -2.67. The van der Waals surface area contributed by atoms with Gasteiger partial charge < -0.3 is 4.74 Å². The number of hydrogen-bond donors (Lipinski definition) is 0. The maximum atomic E-state index is 13.3. The molecule has 0 aromatic heterocycles. The van der Waals surface area contributed by atoms with E-state index < -0.39 is 5.41 Å². The average Bonchev–Trinajstić information content (AvgIpc) is 3.00. The molecule has 0 radical (unpaired) electrons. The molecule has 1 saturated carbocycles. The Labute approximate surface area is 149 Å². The number of methoxy groups -OCH3 is 1. The molecule has 1 aliphatic carbocycles. The van der Waals surface area contributed by atoms with E-state index in [1.165, 1.54) is 12.0 Å². The molecule has 3 saturated heterocycles. The zero-order valence-corrected chi connectivity index (χ0v) is 15.1. The molecular weight excluding hydrogens is 312 g/mol. The molecule has 1 unspecified atom stereocenters. The van der Waals surface area contributed by atoms with Gasteiger partial charge in [-0.25, -0.2) is 0 Å². The van der Waals surface area contributed by atoms with Gasteiger partial charge in [0.05, 0.1) is 12.8 Å². The Kier molecular flexibility index (Phi) is 3.37. The molecule has 6 atom stereocenters. The molecule has 5 aliphatic rings. The number of esters is 1. The number of hydrogen-bond acceptors (Lipinski definition) is 4. The summed E-state index contributed by atoms with van der Waals surface area (Å²) >= 11 is 0. The Morgan fingerprint density at radius 2 is 2.24 bits per heavy atom. The highest BCUT2D eigenvalue weighted by molar-refractivity contribution is 6.14. The number of nitrogens with zero attached hydrogens (tertiary/aromatic N) is 2. The van der Waals surface area contributed by atoms with Gasteiger partial charge in [-0.05, 0) is 49.3 Å². The molecular formula is C21H26N2O2. The van der Waals surface area contributed by atoms with Crippen LogP contribution in [-0.2, 0) is 9.53 Å². The monoisotopic (exact) mass is 338 g/mol. The first-order valence-electron chi connectivity index (χ1n) is 9.69. The third-order valence-corrected chi connectivity index (χ3v) is 7.20. The fourth-order valence-corrected chi connectivity index (χ4v) is 6.42. The first kappa shape index (κ1) is 15.6. The first-order chi connectivity index (χ1) is 12.2. The second-order valence-corrected chi connectivity index (χ2v) is 8.27. The first-order valence-corrected chi connectivity index (χ1v) is 9.69. The van der Waals surface area contributed by atoms with Crippen molar-refractivity contribution in [2.24, 2.45) is 22.2 Å². The maximum Gasteiger partial charge on any atom is 0.319 e. The van der Waals surface area contributed by atoms with Crippen molar-refractivity contribution in [1.29, 1.82) is 0 Å². The number of para-hydroxylation sites is 1. The highest BCUT2D eigenvalue weighted by atomic mass is 16.5. The third-order valence-electron chi connectivity index (χ3n) is 7.20. The number of aliphatic imine (C=N–C) groups is 1. The number of carbonyl (C=O) groups is 1. The van der Waals surface area contributed by atoms with Crippen molar-refractivity contribution in [3.05, 3.63) is 29.8 Å². The van der Waals surface area contributed by atoms with E-state index in [-0.39, 0.29) is 17.9 Å². The van der Waals surface area contributed by atoms with E-state index in [4.69, 9.17) is 9.73 Å². The largest absolute Gasteiger partial charge is 0.468 e. The molecule has 4 nitrogen and oxygen atoms in total. The van der Waals surface area contributed by atoms with Crippen molar-refractivity contribution < 1.29 is 9.53 Å². The third kappa shape index (κ3) is 1.92. The Morgan fingerprint density at radius 3 is 3.04 bits per heavy atom. The maximum absolute atomic E-state index is 13.3. The lowest BCUT2D eigenvalue weighted by molar-refractivity contribution is -0.164. The van der Waals surface area contributed by atoms with Crippen LogP contribution < -0.4 is 0 Å². The van der Waals surface area contributed by atoms with E-state index in [2.05, 4.69) is 30.0 Å². The van der Waals surface area contributed by atoms with Gasteiger partial charge in [0.25, 0.3) is 0 Å². The smallest absolute Gasteiger partial charge is 0.319 e. The molecule has 4 bridgehead atoms. The standard InChI is InChI=1S/C21H26N2O2/c1-3-14-10-13-11-21(20(24)25-2)18-16(8-9-23(12-13)19(14)21)15-6-4-5-7-17(15)22-18/h4-7,13-14,16,19H,3,8-12H2,1-2H3/t13-,14+,16+,19+,21-/m1/s1. The Balaban J connectivity index is 1.72. The molecule has 0 amide bonds. The summed E-state index contributed by atoms with van der Waals surface area (Å²) in [5.74, 6) is 1.37. The van der Waals surface area contributed by atoms with Crippen molar-refractivity contribution in [2.75, 3.05) is 20.2 Å². The normalized spacial score (nSPS) is 40.7. The van der Waals surface area contributed by atoms with Crippen molar-refractivity contribution in [2.45, 2.75) is 44.6 Å². The highest BCUT2D eigenvalue weighted by Crippen LogP contribution is 2.58. The second-order valence-electron chi connectivity index (χ2n) is 8.27. The van der Waals surface area contributed by atoms with Crippen LogP contribution in [0.4, 0.5) is 5.69 Å². The summed E-state index contributed by atoms with van der Waals surface area (Å²) in [5, 5.41) is 0. The number of fused-ring (bicyclic) bond motifs is 4. The van der Waals surface area contributed by atoms with Gasteiger partial charge in [0.1, 0.15) is 5.41 Å². The lowest BCUT2D eigenvalue weighted by atomic mass is 9.55. The molecule has 1 aromatic rings. The van der Waals surface area contributed by atoms with Gasteiger partial charge in [-0.1, -0.05) is 31.5 Å². The van der Waals surface area contributed by atoms with Gasteiger partial charge in [-0.3, -0.25) is 14.7 Å². The highest BCUT2D eigenvalue weighted by Gasteiger charge is 2.65. The minimum absolute atomic E-state index is 0.0520. The summed E-state index contributed by atoms with van der Waals surface area (Å²) < 4.78 is 5.43. The molecule has 25 heavy (non-hydrogen) atoms. The zero-order chi connectivity index (χ0) is 17.2. The number of rotatable bonds is 2. The quantitative estimate of drug-likeness (QED) is 0.775. The van der Waals surface area contributed by atoms with Crippen LogP contribution in [0.2, 0.25) is 0 Å². The van der Waals surface area contributed by atoms with Crippen LogP contribution in [0.3, 0.4) is 0 Å². The second kappa shape index (κ2) is 5.41. The van der Waals surface area contributed by atoms with Crippen LogP contribution in [0, 0.1) is 17.3 Å². The van der Waals surface area contributed by atoms with E-state index in [9.17, 15) is 4.79 Å². The number of carbonyl (C=O) groups excluding carboxylic acids is 1. The molecule has 132 valence electrons. The van der Waals surface area contributed by atoms with E-state index >= 15 is 0 Å². The van der Waals surface area contributed by atoms with Crippen LogP contribution in [0.25, 0.3) is 0 Å². The number of ether oxygens (including phenoxy) is 1. The van der Waals surface area contributed by atoms with Gasteiger partial charge in [0.15, 0.2) is 0 Å². The topological polar surface area (TPSA) is 41.9 Å². The number of benzene rings is 1. The molecule has 4 heterocycles. The Hall–Kier alpha value is -1.68. The Morgan fingerprint density at radius 1 is 1.40 bits per heavy atom. The predicted octanol–water partition coefficient (Wildman–Crippen LogP) is 3.54. The Bertz CT molecular complexity index is 758. The molecule has 4 aliphatic heterocycles. The minimum atomic E-state index is -0.545. The van der Waals surface area contributed by atoms with Crippen molar-refractivity contribution in [3.63, 3.8) is 0 Å². The van der Waals surface area contributed by atoms with Gasteiger partial charge in [-0.15, -0.1) is 0 Å². The predicted molar refractivity (Wildman–Crippen MR) is 97.2 cm³/mol. The molecule has 0 spiro atoms. The van der Waals surface area contributed by atoms with Crippen LogP contribution in [0.1, 0.15) is 44.1 Å². The summed E-state index contributed by atoms with van der Waals surface area (Å²) in [6, 6.07) is 8.70. The van der Waals surface area contributed by atoms with Crippen molar-refractivity contribution in [3.8, 4) is 0 Å². The molecule has 4 fully saturated rings. The summed E-state index contributed by atoms with van der Waals surface area (Å²) in [5.41, 5.74) is 2.93. The number of piperidine rings is 2. The fourth-order valence-electron chi connectivity index (χ4n) is 6.42. The van der Waals surface area contributed by atoms with E-state index in [0.717, 1.165) is 43.8 Å². The van der Waals surface area contributed by atoms with E-state index in [1.54, 1.807) is 7.11 Å². The minimum Gasteiger partial charge on any atom is -0.468 e. The molecule has 0 N–H and O–H groups in total. The van der Waals surface area contributed by atoms with Crippen molar-refractivity contribution in [1.82, 2.24) is 4.90 Å². The van der Waals surface area contributed by atoms with E-state index in [1.807, 2.05) is 6.07 Å². The summed E-state index contributed by atoms with van der Waals surface area (Å²) in [6.07, 6.45) is 4.36. The zero-order valence-electron chi connectivity index (χ0n) is 15.1. The van der Waals surface area contributed by atoms with E-state index in [0.29, 0.717) is 11.8 Å². The SMILES string of the molecule is CC[C@H]1C[C@H]2CN3CC[C@@H]4C(=Nc5ccccc54)[C@](C(=O)OC)(C2)[C@H]13. The summed E-state index contributed by atoms with van der Waals surface area (Å²) in [4.78, 5) is 20.9. The van der Waals surface area contributed by atoms with Gasteiger partial charge in [-0.2, -0.15) is 0 Å². The molecule has 6 rings (SSSR count). The van der Waals surface area contributed by atoms with Crippen LogP contribution in [-0.4, -0.2) is 42.8 Å². The van der Waals surface area contributed by atoms with Crippen LogP contribution in [0.5, 0.6) is 0 Å². The summed E-state index contributed by atoms with van der Waals surface area (Å²) in [7, 11) is 1.55. The molecule has 4 heteroatoms. The van der Waals surface area contributed by atoms with Gasteiger partial charge in [0, 0.05) is 24.2 Å². The van der Waals surface area contributed by atoms with Crippen molar-refractivity contribution >= 4 is 17.4 Å². The lowest BCUT2D eigenvalue weighted by Gasteiger charge is -2.58.